The predicted octanol–water partition coefficient (Wildman–Crippen LogP) is 11.5. The largest absolute Gasteiger partial charge is 0.417 e. The molecular formula is C44H34F3N6S2+. The average Bonchev–Trinajstić information content (AvgIpc) is 3.88. The van der Waals surface area contributed by atoms with Crippen LogP contribution in [0.3, 0.4) is 0 Å². The van der Waals surface area contributed by atoms with Gasteiger partial charge in [0.15, 0.2) is 5.13 Å². The van der Waals surface area contributed by atoms with Crippen LogP contribution in [-0.4, -0.2) is 15.0 Å². The Morgan fingerprint density at radius 1 is 0.582 bits per heavy atom. The maximum atomic E-state index is 14.2. The maximum absolute atomic E-state index is 14.2. The average molecular weight is 768 g/mol. The number of pyridine rings is 2. The zero-order valence-corrected chi connectivity index (χ0v) is 31.2. The second-order valence-electron chi connectivity index (χ2n) is 12.8. The van der Waals surface area contributed by atoms with Crippen molar-refractivity contribution in [3.8, 4) is 49.1 Å². The van der Waals surface area contributed by atoms with Crippen LogP contribution in [0.15, 0.2) is 152 Å². The van der Waals surface area contributed by atoms with E-state index in [0.717, 1.165) is 59.7 Å². The van der Waals surface area contributed by atoms with Gasteiger partial charge in [-0.1, -0.05) is 102 Å². The smallest absolute Gasteiger partial charge is 0.357 e. The van der Waals surface area contributed by atoms with Gasteiger partial charge in [-0.3, -0.25) is 15.3 Å². The highest BCUT2D eigenvalue weighted by molar-refractivity contribution is 7.19. The Morgan fingerprint density at radius 2 is 1.16 bits per heavy atom. The van der Waals surface area contributed by atoms with E-state index in [9.17, 15) is 13.2 Å². The van der Waals surface area contributed by atoms with E-state index in [1.54, 1.807) is 29.7 Å². The molecule has 0 saturated heterocycles. The Bertz CT molecular complexity index is 2570. The molecule has 0 spiro atoms. The van der Waals surface area contributed by atoms with Crippen LogP contribution in [0.4, 0.5) is 23.4 Å². The number of aromatic nitrogens is 4. The minimum absolute atomic E-state index is 0.0340. The molecule has 0 aliphatic rings. The molecule has 0 unspecified atom stereocenters. The normalized spacial score (nSPS) is 11.4. The summed E-state index contributed by atoms with van der Waals surface area (Å²) in [4.78, 5) is 15.8. The number of nitrogens with one attached hydrogen (secondary N) is 2. The quantitative estimate of drug-likeness (QED) is 0.128. The highest BCUT2D eigenvalue weighted by Crippen LogP contribution is 2.42. The molecule has 2 N–H and O–H groups in total. The summed E-state index contributed by atoms with van der Waals surface area (Å²) in [6.07, 6.45) is 2.65. The van der Waals surface area contributed by atoms with Crippen molar-refractivity contribution in [1.29, 1.82) is 0 Å². The number of alkyl halides is 3. The van der Waals surface area contributed by atoms with Gasteiger partial charge in [0.1, 0.15) is 18.4 Å². The summed E-state index contributed by atoms with van der Waals surface area (Å²) >= 11 is 3.04. The lowest BCUT2D eigenvalue weighted by atomic mass is 9.98. The minimum atomic E-state index is -4.54. The number of anilines is 2. The number of hydrogen-bond donors (Lipinski definition) is 2. The highest BCUT2D eigenvalue weighted by Gasteiger charge is 2.34. The SMILES string of the molecule is Cc1c(-c2ncccc2-c2cnc(NCc3ccccc3)s2)cccc1-[n+]1cc(-c2cccnc2-c2ccccc2C(F)(F)F)sc1NCc1ccccc1. The first-order chi connectivity index (χ1) is 26.8. The first kappa shape index (κ1) is 35.8. The van der Waals surface area contributed by atoms with Crippen LogP contribution in [0.2, 0.25) is 0 Å². The van der Waals surface area contributed by atoms with Crippen molar-refractivity contribution in [2.75, 3.05) is 10.6 Å². The highest BCUT2D eigenvalue weighted by atomic mass is 32.1. The van der Waals surface area contributed by atoms with Gasteiger partial charge in [-0.15, -0.1) is 0 Å². The summed E-state index contributed by atoms with van der Waals surface area (Å²) in [7, 11) is 0. The predicted molar refractivity (Wildman–Crippen MR) is 216 cm³/mol. The minimum Gasteiger partial charge on any atom is -0.357 e. The zero-order chi connectivity index (χ0) is 37.8. The van der Waals surface area contributed by atoms with Crippen LogP contribution in [0.1, 0.15) is 22.3 Å². The lowest BCUT2D eigenvalue weighted by molar-refractivity contribution is -0.575. The molecule has 0 aliphatic heterocycles. The van der Waals surface area contributed by atoms with Gasteiger partial charge in [-0.2, -0.15) is 17.7 Å². The fourth-order valence-electron chi connectivity index (χ4n) is 6.52. The van der Waals surface area contributed by atoms with Crippen LogP contribution in [0, 0.1) is 6.92 Å². The van der Waals surface area contributed by atoms with E-state index in [-0.39, 0.29) is 11.3 Å². The molecule has 272 valence electrons. The van der Waals surface area contributed by atoms with Crippen molar-refractivity contribution >= 4 is 32.9 Å². The molecule has 55 heavy (non-hydrogen) atoms. The number of nitrogens with zero attached hydrogens (tertiary/aromatic N) is 4. The van der Waals surface area contributed by atoms with Crippen LogP contribution in [-0.2, 0) is 19.3 Å². The van der Waals surface area contributed by atoms with E-state index in [4.69, 9.17) is 4.98 Å². The van der Waals surface area contributed by atoms with Crippen molar-refractivity contribution in [2.24, 2.45) is 0 Å². The third-order valence-corrected chi connectivity index (χ3v) is 11.3. The third kappa shape index (κ3) is 7.75. The monoisotopic (exact) mass is 767 g/mol. The van der Waals surface area contributed by atoms with Crippen molar-refractivity contribution in [3.05, 3.63) is 174 Å². The molecule has 0 saturated carbocycles. The molecular weight excluding hydrogens is 734 g/mol. The van der Waals surface area contributed by atoms with E-state index in [0.29, 0.717) is 18.7 Å². The molecule has 0 atom stereocenters. The maximum Gasteiger partial charge on any atom is 0.417 e. The van der Waals surface area contributed by atoms with Crippen LogP contribution >= 0.6 is 22.7 Å². The molecule has 6 nitrogen and oxygen atoms in total. The van der Waals surface area contributed by atoms with Gasteiger partial charge < -0.3 is 5.32 Å². The molecule has 4 aromatic heterocycles. The van der Waals surface area contributed by atoms with Crippen molar-refractivity contribution in [3.63, 3.8) is 0 Å². The van der Waals surface area contributed by atoms with Crippen molar-refractivity contribution in [1.82, 2.24) is 15.0 Å². The fourth-order valence-corrected chi connectivity index (χ4v) is 8.40. The van der Waals surface area contributed by atoms with E-state index in [2.05, 4.69) is 68.5 Å². The van der Waals surface area contributed by atoms with E-state index in [1.807, 2.05) is 73.1 Å². The van der Waals surface area contributed by atoms with E-state index in [1.165, 1.54) is 35.2 Å². The van der Waals surface area contributed by atoms with Crippen LogP contribution in [0.25, 0.3) is 49.1 Å². The van der Waals surface area contributed by atoms with Crippen LogP contribution in [0.5, 0.6) is 0 Å². The van der Waals surface area contributed by atoms with Gasteiger partial charge in [0.2, 0.25) is 0 Å². The standard InChI is InChI=1S/C44H33F3N6S2/c1-29-32(40-34(19-11-23-48-40)38-27-51-42(54-38)50-25-30-13-4-2-5-14-30)18-10-22-37(29)53-28-39(55-43(53)52-26-31-15-6-3-7-16-31)35-20-12-24-49-41(35)33-17-8-9-21-36(33)44(45,46)47/h2-24,27-28H,25-26H2,1H3,(H,50,51)/p+1. The topological polar surface area (TPSA) is 66.6 Å². The van der Waals surface area contributed by atoms with Gasteiger partial charge in [-0.05, 0) is 65.8 Å². The second kappa shape index (κ2) is 15.7. The Balaban J connectivity index is 1.20. The van der Waals surface area contributed by atoms with Gasteiger partial charge in [-0.25, -0.2) is 4.98 Å². The molecule has 8 aromatic rings. The van der Waals surface area contributed by atoms with Crippen LogP contribution < -0.4 is 15.2 Å². The summed E-state index contributed by atoms with van der Waals surface area (Å²) in [5.41, 5.74) is 7.09. The zero-order valence-electron chi connectivity index (χ0n) is 29.6. The van der Waals surface area contributed by atoms with Gasteiger partial charge in [0.25, 0.3) is 0 Å². The molecule has 4 heterocycles. The summed E-state index contributed by atoms with van der Waals surface area (Å²) in [6, 6.07) is 39.6. The first-order valence-electron chi connectivity index (χ1n) is 17.6. The molecule has 11 heteroatoms. The van der Waals surface area contributed by atoms with Crippen molar-refractivity contribution < 1.29 is 17.7 Å². The lowest BCUT2D eigenvalue weighted by Gasteiger charge is -2.14. The molecule has 0 bridgehead atoms. The van der Waals surface area contributed by atoms with Gasteiger partial charge >= 0.3 is 11.3 Å². The van der Waals surface area contributed by atoms with Gasteiger partial charge in [0, 0.05) is 53.0 Å². The summed E-state index contributed by atoms with van der Waals surface area (Å²) in [5, 5.41) is 8.69. The molecule has 0 aliphatic carbocycles. The number of thiazole rings is 2. The Kier molecular flexibility index (Phi) is 10.2. The summed E-state index contributed by atoms with van der Waals surface area (Å²) in [5.74, 6) is 0. The first-order valence-corrected chi connectivity index (χ1v) is 19.2. The molecule has 0 amide bonds. The Hall–Kier alpha value is -6.17. The summed E-state index contributed by atoms with van der Waals surface area (Å²) < 4.78 is 44.8. The molecule has 0 radical (unpaired) electrons. The number of hydrogen-bond acceptors (Lipinski definition) is 7. The van der Waals surface area contributed by atoms with E-state index < -0.39 is 11.7 Å². The molecule has 0 fully saturated rings. The number of benzene rings is 4. The molecule has 4 aromatic carbocycles. The van der Waals surface area contributed by atoms with Gasteiger partial charge in [0.05, 0.1) is 26.7 Å². The third-order valence-electron chi connectivity index (χ3n) is 9.20. The molecule has 8 rings (SSSR count). The Morgan fingerprint density at radius 3 is 1.85 bits per heavy atom. The number of halogens is 3. The van der Waals surface area contributed by atoms with E-state index >= 15 is 0 Å². The number of rotatable bonds is 11. The lowest BCUT2D eigenvalue weighted by Crippen LogP contribution is -2.32. The summed E-state index contributed by atoms with van der Waals surface area (Å²) in [6.45, 7) is 3.29. The van der Waals surface area contributed by atoms with Crippen molar-refractivity contribution in [2.45, 2.75) is 26.2 Å². The fraction of sp³-hybridized carbons (Fsp3) is 0.0909. The second-order valence-corrected chi connectivity index (χ2v) is 14.8. The Labute approximate surface area is 324 Å².